The normalized spacial score (nSPS) is 38.1. The third-order valence-corrected chi connectivity index (χ3v) is 9.56. The minimum Gasteiger partial charge on any atom is -0.363 e. The first-order valence-electron chi connectivity index (χ1n) is 15.3. The average molecular weight is 972 g/mol. The Hall–Kier alpha value is -2.22. The first-order chi connectivity index (χ1) is 26.5. The average Bonchev–Trinajstić information content (AvgIpc) is 2.95. The van der Waals surface area contributed by atoms with Gasteiger partial charge in [0, 0.05) is 0 Å². The molecule has 36 heteroatoms. The van der Waals surface area contributed by atoms with Gasteiger partial charge in [0.1, 0.15) is 12.2 Å². The highest BCUT2D eigenvalue weighted by Gasteiger charge is 3.02. The molecule has 0 atom stereocenters. The van der Waals surface area contributed by atoms with Gasteiger partial charge in [-0.3, -0.25) is 37.9 Å². The van der Waals surface area contributed by atoms with Crippen LogP contribution in [-0.4, -0.2) is 115 Å². The fraction of sp³-hybridized carbons (Fsp3) is 1.00. The van der Waals surface area contributed by atoms with Gasteiger partial charge >= 0.3 is 84.1 Å². The molecule has 0 amide bonds. The Morgan fingerprint density at radius 1 is 0.459 bits per heavy atom. The molecule has 4 heterocycles. The SMILES string of the molecule is CCC(CC)(OCC1(C(F)(F)F)OC(F)(F)C2(C(F)(F)OC(C)(C(F)(F)F)OC2(F)F)C(F)(F)O1)C(F)(F)C1OC(F)(F)C2(C(F)(F)OC(C(O)(F)F)OC2(F)F)C(F)(F)O1. The van der Waals surface area contributed by atoms with Crippen molar-refractivity contribution in [3.63, 3.8) is 0 Å². The highest BCUT2D eigenvalue weighted by molar-refractivity contribution is 5.15. The van der Waals surface area contributed by atoms with E-state index in [0.717, 1.165) is 0 Å². The smallest absolute Gasteiger partial charge is 0.363 e. The highest BCUT2D eigenvalue weighted by Crippen LogP contribution is 2.75. The summed E-state index contributed by atoms with van der Waals surface area (Å²) in [6.45, 7) is -4.44. The molecule has 10 nitrogen and oxygen atoms in total. The third kappa shape index (κ3) is 6.54. The van der Waals surface area contributed by atoms with Gasteiger partial charge in [0.15, 0.2) is 0 Å². The molecule has 61 heavy (non-hydrogen) atoms. The highest BCUT2D eigenvalue weighted by atomic mass is 19.4. The van der Waals surface area contributed by atoms with Crippen LogP contribution in [0.25, 0.3) is 0 Å². The van der Waals surface area contributed by atoms with Crippen LogP contribution in [0, 0.1) is 10.8 Å². The van der Waals surface area contributed by atoms with E-state index >= 15 is 43.9 Å². The summed E-state index contributed by atoms with van der Waals surface area (Å²) in [4.78, 5) is 0. The van der Waals surface area contributed by atoms with Gasteiger partial charge in [0.05, 0.1) is 0 Å². The molecule has 4 saturated heterocycles. The van der Waals surface area contributed by atoms with Crippen LogP contribution >= 0.6 is 0 Å². The van der Waals surface area contributed by atoms with E-state index in [4.69, 9.17) is 5.11 Å². The summed E-state index contributed by atoms with van der Waals surface area (Å²) in [5.74, 6) is -18.4. The number of hydrogen-bond acceptors (Lipinski definition) is 10. The Morgan fingerprint density at radius 2 is 0.754 bits per heavy atom. The summed E-state index contributed by atoms with van der Waals surface area (Å²) in [6.07, 6.45) is -94.3. The standard InChI is InChI=1S/C25H18F26O10/c1-4-10(5-2,12(26,27)7-54-18(36,37)14(19(38,39)55-7)20(40,41)56-8(13(28,29)52)57-21(14,42)43)53-6-11(17(33,34)35)60-24(48,49)15(25(50,51)61-11)22(44,45)58-9(3,16(30,31)32)59-23(15,46)47/h7-8,52H,4-6H2,1-3H3. The van der Waals surface area contributed by atoms with Gasteiger partial charge in [0.2, 0.25) is 6.29 Å². The van der Waals surface area contributed by atoms with Gasteiger partial charge in [-0.2, -0.15) is 114 Å². The van der Waals surface area contributed by atoms with Crippen molar-refractivity contribution in [1.82, 2.24) is 0 Å². The van der Waals surface area contributed by atoms with Crippen LogP contribution in [0.5, 0.6) is 0 Å². The lowest BCUT2D eigenvalue weighted by Crippen LogP contribution is -2.85. The van der Waals surface area contributed by atoms with E-state index in [1.807, 2.05) is 0 Å². The molecular weight excluding hydrogens is 954 g/mol. The van der Waals surface area contributed by atoms with Crippen LogP contribution in [-0.2, 0) is 42.6 Å². The van der Waals surface area contributed by atoms with Crippen LogP contribution < -0.4 is 0 Å². The second-order valence-electron chi connectivity index (χ2n) is 13.1. The molecule has 0 unspecified atom stereocenters. The van der Waals surface area contributed by atoms with Gasteiger partial charge in [-0.1, -0.05) is 13.8 Å². The molecule has 0 aliphatic carbocycles. The van der Waals surface area contributed by atoms with Crippen molar-refractivity contribution in [2.45, 2.75) is 137 Å². The molecule has 2 spiro atoms. The third-order valence-electron chi connectivity index (χ3n) is 9.56. The Bertz CT molecular complexity index is 1590. The number of halogens is 26. The number of aliphatic hydroxyl groups is 1. The van der Waals surface area contributed by atoms with Crippen LogP contribution in [0.4, 0.5) is 114 Å². The second-order valence-corrected chi connectivity index (χ2v) is 13.1. The van der Waals surface area contributed by atoms with Crippen molar-refractivity contribution in [1.29, 1.82) is 0 Å². The lowest BCUT2D eigenvalue weighted by atomic mass is 9.78. The van der Waals surface area contributed by atoms with Crippen molar-refractivity contribution < 1.29 is 162 Å². The Kier molecular flexibility index (Phi) is 11.3. The quantitative estimate of drug-likeness (QED) is 0.238. The van der Waals surface area contributed by atoms with E-state index in [9.17, 15) is 70.2 Å². The zero-order valence-corrected chi connectivity index (χ0v) is 28.7. The minimum absolute atomic E-state index is 0.148. The predicted molar refractivity (Wildman–Crippen MR) is 125 cm³/mol. The number of rotatable bonds is 8. The lowest BCUT2D eigenvalue weighted by Gasteiger charge is -2.60. The molecule has 0 saturated carbocycles. The van der Waals surface area contributed by atoms with Gasteiger partial charge in [-0.15, -0.1) is 0 Å². The fourth-order valence-corrected chi connectivity index (χ4v) is 6.36. The first kappa shape index (κ1) is 51.4. The molecule has 0 bridgehead atoms. The summed E-state index contributed by atoms with van der Waals surface area (Å²) < 4.78 is 408. The zero-order chi connectivity index (χ0) is 48.1. The van der Waals surface area contributed by atoms with Crippen molar-refractivity contribution in [3.8, 4) is 0 Å². The number of hydrogen-bond donors (Lipinski definition) is 1. The zero-order valence-electron chi connectivity index (χ0n) is 28.7. The van der Waals surface area contributed by atoms with E-state index in [-0.39, 0.29) is 13.8 Å². The maximum absolute atomic E-state index is 16.0. The van der Waals surface area contributed by atoms with Gasteiger partial charge < -0.3 is 9.84 Å². The molecule has 4 fully saturated rings. The molecule has 0 aromatic carbocycles. The van der Waals surface area contributed by atoms with Crippen molar-refractivity contribution in [3.05, 3.63) is 0 Å². The monoisotopic (exact) mass is 972 g/mol. The topological polar surface area (TPSA) is 103 Å². The van der Waals surface area contributed by atoms with Crippen molar-refractivity contribution in [2.24, 2.45) is 10.8 Å². The molecule has 4 aliphatic heterocycles. The maximum atomic E-state index is 16.0. The summed E-state index contributed by atoms with van der Waals surface area (Å²) in [5.41, 5.74) is -19.6. The molecule has 360 valence electrons. The molecule has 4 rings (SSSR count). The predicted octanol–water partition coefficient (Wildman–Crippen LogP) is 8.87. The summed E-state index contributed by atoms with van der Waals surface area (Å²) >= 11 is 0. The lowest BCUT2D eigenvalue weighted by molar-refractivity contribution is -0.687. The van der Waals surface area contributed by atoms with Crippen molar-refractivity contribution in [2.75, 3.05) is 6.61 Å². The summed E-state index contributed by atoms with van der Waals surface area (Å²) in [5, 5.41) is 8.39. The molecule has 4 aliphatic rings. The molecule has 0 aromatic rings. The van der Waals surface area contributed by atoms with Crippen LogP contribution in [0.15, 0.2) is 0 Å². The molecule has 1 N–H and O–H groups in total. The number of ether oxygens (including phenoxy) is 9. The summed E-state index contributed by atoms with van der Waals surface area (Å²) in [6, 6.07) is 0. The number of alkyl halides is 26. The van der Waals surface area contributed by atoms with Gasteiger partial charge in [0.25, 0.3) is 17.9 Å². The van der Waals surface area contributed by atoms with E-state index in [2.05, 4.69) is 42.6 Å². The molecule has 0 radical (unpaired) electrons. The molecular formula is C25H18F26O10. The summed E-state index contributed by atoms with van der Waals surface area (Å²) in [7, 11) is 0. The van der Waals surface area contributed by atoms with Crippen LogP contribution in [0.3, 0.4) is 0 Å². The van der Waals surface area contributed by atoms with Crippen molar-refractivity contribution >= 4 is 0 Å². The van der Waals surface area contributed by atoms with Crippen LogP contribution in [0.1, 0.15) is 33.6 Å². The Morgan fingerprint density at radius 3 is 1.03 bits per heavy atom. The van der Waals surface area contributed by atoms with E-state index < -0.39 is 140 Å². The van der Waals surface area contributed by atoms with E-state index in [1.165, 1.54) is 0 Å². The Balaban J connectivity index is 1.81. The first-order valence-corrected chi connectivity index (χ1v) is 15.3. The van der Waals surface area contributed by atoms with E-state index in [1.54, 1.807) is 0 Å². The van der Waals surface area contributed by atoms with Gasteiger partial charge in [-0.25, -0.2) is 0 Å². The fourth-order valence-electron chi connectivity index (χ4n) is 6.36. The Labute approximate surface area is 317 Å². The van der Waals surface area contributed by atoms with Gasteiger partial charge in [-0.05, 0) is 19.8 Å². The second kappa shape index (κ2) is 13.4. The maximum Gasteiger partial charge on any atom is 0.446 e. The largest absolute Gasteiger partial charge is 0.446 e. The van der Waals surface area contributed by atoms with Crippen LogP contribution in [0.2, 0.25) is 0 Å². The van der Waals surface area contributed by atoms with E-state index in [0.29, 0.717) is 0 Å². The molecule has 0 aromatic heterocycles. The minimum atomic E-state index is -7.77.